The molecular weight excluding hydrogens is 350 g/mol. The van der Waals surface area contributed by atoms with Gasteiger partial charge in [0.2, 0.25) is 5.91 Å². The van der Waals surface area contributed by atoms with Crippen LogP contribution in [0.3, 0.4) is 0 Å². The van der Waals surface area contributed by atoms with Crippen LogP contribution in [0.5, 0.6) is 0 Å². The average molecular weight is 382 g/mol. The Morgan fingerprint density at radius 2 is 1.54 bits per heavy atom. The highest BCUT2D eigenvalue weighted by Gasteiger charge is 2.17. The quantitative estimate of drug-likeness (QED) is 0.665. The van der Waals surface area contributed by atoms with Gasteiger partial charge in [0.15, 0.2) is 0 Å². The monoisotopic (exact) mass is 381 g/mol. The molecule has 0 saturated carbocycles. The largest absolute Gasteiger partial charge is 0.352 e. The molecule has 5 heteroatoms. The molecule has 2 aromatic rings. The summed E-state index contributed by atoms with van der Waals surface area (Å²) in [6.07, 6.45) is 0.901. The normalized spacial score (nSPS) is 11.9. The van der Waals surface area contributed by atoms with E-state index in [-0.39, 0.29) is 17.9 Å². The lowest BCUT2D eigenvalue weighted by Gasteiger charge is -2.30. The number of nitrogens with zero attached hydrogens (tertiary/aromatic N) is 1. The minimum atomic E-state index is -0.0729. The van der Waals surface area contributed by atoms with E-state index in [1.807, 2.05) is 18.2 Å². The molecule has 0 bridgehead atoms. The maximum atomic E-state index is 12.6. The van der Waals surface area contributed by atoms with E-state index in [1.54, 1.807) is 12.1 Å². The Morgan fingerprint density at radius 1 is 0.893 bits per heavy atom. The summed E-state index contributed by atoms with van der Waals surface area (Å²) in [7, 11) is 0. The third-order valence-corrected chi connectivity index (χ3v) is 4.90. The van der Waals surface area contributed by atoms with Gasteiger partial charge in [0, 0.05) is 31.6 Å². The summed E-state index contributed by atoms with van der Waals surface area (Å²) < 4.78 is 0. The standard InChI is InChI=1S/C23H31N3O2/c1-4-26(5-2)22(15-19-9-7-6-8-10-19)17-25-23(28)21-13-11-20(12-14-21)16-24-18(3)27/h6-14,22H,4-5,15-17H2,1-3H3,(H,24,27)(H,25,28). The summed E-state index contributed by atoms with van der Waals surface area (Å²) in [5.41, 5.74) is 2.87. The van der Waals surface area contributed by atoms with Crippen LogP contribution in [0.4, 0.5) is 0 Å². The zero-order chi connectivity index (χ0) is 20.4. The Bertz CT molecular complexity index is 740. The van der Waals surface area contributed by atoms with Crippen molar-refractivity contribution in [1.29, 1.82) is 0 Å². The lowest BCUT2D eigenvalue weighted by Crippen LogP contribution is -2.45. The van der Waals surface area contributed by atoms with Crippen LogP contribution in [-0.2, 0) is 17.8 Å². The average Bonchev–Trinajstić information content (AvgIpc) is 2.72. The maximum Gasteiger partial charge on any atom is 0.251 e. The van der Waals surface area contributed by atoms with Gasteiger partial charge in [0.1, 0.15) is 0 Å². The van der Waals surface area contributed by atoms with Crippen LogP contribution in [0.2, 0.25) is 0 Å². The predicted octanol–water partition coefficient (Wildman–Crippen LogP) is 3.01. The lowest BCUT2D eigenvalue weighted by molar-refractivity contribution is -0.119. The summed E-state index contributed by atoms with van der Waals surface area (Å²) >= 11 is 0. The van der Waals surface area contributed by atoms with Crippen LogP contribution >= 0.6 is 0 Å². The first-order chi connectivity index (χ1) is 13.5. The van der Waals surface area contributed by atoms with E-state index < -0.39 is 0 Å². The first-order valence-corrected chi connectivity index (χ1v) is 9.93. The molecule has 2 rings (SSSR count). The molecule has 0 saturated heterocycles. The van der Waals surface area contributed by atoms with Crippen molar-refractivity contribution in [3.63, 3.8) is 0 Å². The molecule has 28 heavy (non-hydrogen) atoms. The van der Waals surface area contributed by atoms with E-state index in [0.29, 0.717) is 18.7 Å². The molecule has 1 atom stereocenters. The first-order valence-electron chi connectivity index (χ1n) is 9.93. The zero-order valence-electron chi connectivity index (χ0n) is 17.1. The number of nitrogens with one attached hydrogen (secondary N) is 2. The van der Waals surface area contributed by atoms with E-state index in [2.05, 4.69) is 53.6 Å². The number of hydrogen-bond donors (Lipinski definition) is 2. The number of likely N-dealkylation sites (N-methyl/N-ethyl adjacent to an activating group) is 1. The van der Waals surface area contributed by atoms with Crippen molar-refractivity contribution in [1.82, 2.24) is 15.5 Å². The number of amides is 2. The molecule has 2 aromatic carbocycles. The van der Waals surface area contributed by atoms with Crippen molar-refractivity contribution in [3.05, 3.63) is 71.3 Å². The van der Waals surface area contributed by atoms with E-state index in [9.17, 15) is 9.59 Å². The third kappa shape index (κ3) is 6.82. The number of carbonyl (C=O) groups is 2. The minimum absolute atomic E-state index is 0.0670. The second-order valence-electron chi connectivity index (χ2n) is 6.88. The van der Waals surface area contributed by atoms with Gasteiger partial charge in [-0.2, -0.15) is 0 Å². The maximum absolute atomic E-state index is 12.6. The smallest absolute Gasteiger partial charge is 0.251 e. The van der Waals surface area contributed by atoms with E-state index in [1.165, 1.54) is 12.5 Å². The van der Waals surface area contributed by atoms with Crippen LogP contribution in [0.15, 0.2) is 54.6 Å². The second kappa shape index (κ2) is 11.2. The molecule has 5 nitrogen and oxygen atoms in total. The second-order valence-corrected chi connectivity index (χ2v) is 6.88. The van der Waals surface area contributed by atoms with E-state index in [4.69, 9.17) is 0 Å². The lowest BCUT2D eigenvalue weighted by atomic mass is 10.0. The topological polar surface area (TPSA) is 61.4 Å². The van der Waals surface area contributed by atoms with Gasteiger partial charge in [0.05, 0.1) is 0 Å². The Labute approximate surface area is 168 Å². The molecule has 150 valence electrons. The van der Waals surface area contributed by atoms with Gasteiger partial charge in [-0.15, -0.1) is 0 Å². The van der Waals surface area contributed by atoms with Crippen molar-refractivity contribution in [2.24, 2.45) is 0 Å². The Kier molecular flexibility index (Phi) is 8.69. The third-order valence-electron chi connectivity index (χ3n) is 4.90. The highest BCUT2D eigenvalue weighted by Crippen LogP contribution is 2.10. The molecule has 0 aromatic heterocycles. The van der Waals surface area contributed by atoms with E-state index in [0.717, 1.165) is 25.1 Å². The summed E-state index contributed by atoms with van der Waals surface area (Å²) in [6, 6.07) is 18.0. The fourth-order valence-corrected chi connectivity index (χ4v) is 3.27. The van der Waals surface area contributed by atoms with Crippen molar-refractivity contribution >= 4 is 11.8 Å². The zero-order valence-corrected chi connectivity index (χ0v) is 17.1. The molecule has 0 fully saturated rings. The Balaban J connectivity index is 1.97. The van der Waals surface area contributed by atoms with Crippen molar-refractivity contribution < 1.29 is 9.59 Å². The van der Waals surface area contributed by atoms with Crippen molar-refractivity contribution in [2.75, 3.05) is 19.6 Å². The van der Waals surface area contributed by atoms with Gasteiger partial charge in [0.25, 0.3) is 5.91 Å². The number of hydrogen-bond acceptors (Lipinski definition) is 3. The number of carbonyl (C=O) groups excluding carboxylic acids is 2. The van der Waals surface area contributed by atoms with Crippen LogP contribution in [-0.4, -0.2) is 42.4 Å². The van der Waals surface area contributed by atoms with Gasteiger partial charge in [-0.05, 0) is 42.8 Å². The molecule has 1 unspecified atom stereocenters. The van der Waals surface area contributed by atoms with Crippen molar-refractivity contribution in [3.8, 4) is 0 Å². The van der Waals surface area contributed by atoms with Crippen LogP contribution in [0.25, 0.3) is 0 Å². The fourth-order valence-electron chi connectivity index (χ4n) is 3.27. The summed E-state index contributed by atoms with van der Waals surface area (Å²) in [5.74, 6) is -0.140. The van der Waals surface area contributed by atoms with Crippen molar-refractivity contribution in [2.45, 2.75) is 39.8 Å². The van der Waals surface area contributed by atoms with Gasteiger partial charge in [-0.1, -0.05) is 56.3 Å². The summed E-state index contributed by atoms with van der Waals surface area (Å²) in [5, 5.41) is 5.84. The van der Waals surface area contributed by atoms with Gasteiger partial charge < -0.3 is 10.6 Å². The molecule has 0 aliphatic heterocycles. The van der Waals surface area contributed by atoms with Crippen LogP contribution < -0.4 is 10.6 Å². The molecule has 0 spiro atoms. The van der Waals surface area contributed by atoms with Gasteiger partial charge >= 0.3 is 0 Å². The van der Waals surface area contributed by atoms with Gasteiger partial charge in [-0.25, -0.2) is 0 Å². The molecule has 0 heterocycles. The highest BCUT2D eigenvalue weighted by molar-refractivity contribution is 5.94. The molecule has 2 N–H and O–H groups in total. The Morgan fingerprint density at radius 3 is 2.11 bits per heavy atom. The fraction of sp³-hybridized carbons (Fsp3) is 0.391. The predicted molar refractivity (Wildman–Crippen MR) is 113 cm³/mol. The number of rotatable bonds is 10. The summed E-state index contributed by atoms with van der Waals surface area (Å²) in [4.78, 5) is 26.0. The molecule has 0 radical (unpaired) electrons. The van der Waals surface area contributed by atoms with Gasteiger partial charge in [-0.3, -0.25) is 14.5 Å². The molecular formula is C23H31N3O2. The van der Waals surface area contributed by atoms with Crippen LogP contribution in [0, 0.1) is 0 Å². The highest BCUT2D eigenvalue weighted by atomic mass is 16.2. The Hall–Kier alpha value is -2.66. The first kappa shape index (κ1) is 21.6. The molecule has 0 aliphatic carbocycles. The molecule has 0 aliphatic rings. The van der Waals surface area contributed by atoms with Crippen LogP contribution in [0.1, 0.15) is 42.3 Å². The minimum Gasteiger partial charge on any atom is -0.352 e. The SMILES string of the molecule is CCN(CC)C(CNC(=O)c1ccc(CNC(C)=O)cc1)Cc1ccccc1. The van der Waals surface area contributed by atoms with E-state index >= 15 is 0 Å². The number of benzene rings is 2. The molecule has 2 amide bonds. The summed E-state index contributed by atoms with van der Waals surface area (Å²) in [6.45, 7) is 8.75.